The highest BCUT2D eigenvalue weighted by Crippen LogP contribution is 2.34. The van der Waals surface area contributed by atoms with E-state index in [9.17, 15) is 9.59 Å². The molecule has 1 atom stereocenters. The van der Waals surface area contributed by atoms with Gasteiger partial charge in [-0.05, 0) is 30.1 Å². The van der Waals surface area contributed by atoms with Gasteiger partial charge in [0.2, 0.25) is 0 Å². The Balaban J connectivity index is 1.80. The van der Waals surface area contributed by atoms with Gasteiger partial charge in [0.15, 0.2) is 0 Å². The number of aliphatic carboxylic acids is 1. The molecule has 0 aliphatic rings. The van der Waals surface area contributed by atoms with Crippen LogP contribution in [0.4, 0.5) is 0 Å². The minimum atomic E-state index is -1.20. The summed E-state index contributed by atoms with van der Waals surface area (Å²) in [6.45, 7) is 1.18. The van der Waals surface area contributed by atoms with Gasteiger partial charge in [0.1, 0.15) is 18.5 Å². The topological polar surface area (TPSA) is 84.9 Å². The van der Waals surface area contributed by atoms with Crippen LogP contribution in [0.1, 0.15) is 17.4 Å². The van der Waals surface area contributed by atoms with E-state index in [-0.39, 0.29) is 12.7 Å². The van der Waals surface area contributed by atoms with Crippen LogP contribution in [0.2, 0.25) is 10.0 Å². The van der Waals surface area contributed by atoms with E-state index in [2.05, 4.69) is 5.32 Å². The van der Waals surface area contributed by atoms with Gasteiger partial charge < -0.3 is 19.9 Å². The third-order valence-corrected chi connectivity index (χ3v) is 5.00. The Morgan fingerprint density at radius 3 is 2.75 bits per heavy atom. The van der Waals surface area contributed by atoms with Gasteiger partial charge in [0.25, 0.3) is 0 Å². The quantitative estimate of drug-likeness (QED) is 0.305. The molecule has 0 saturated carbocycles. The van der Waals surface area contributed by atoms with Crippen LogP contribution < -0.4 is 10.1 Å². The summed E-state index contributed by atoms with van der Waals surface area (Å²) in [5.41, 5.74) is 0. The molecule has 2 rings (SSSR count). The number of rotatable bonds is 11. The summed E-state index contributed by atoms with van der Waals surface area (Å²) < 4.78 is 11.0. The highest BCUT2D eigenvalue weighted by atomic mass is 35.5. The fourth-order valence-electron chi connectivity index (χ4n) is 2.22. The lowest BCUT2D eigenvalue weighted by atomic mass is 10.2. The Labute approximate surface area is 176 Å². The number of ether oxygens (including phenoxy) is 2. The minimum Gasteiger partial charge on any atom is -0.483 e. The van der Waals surface area contributed by atoms with Gasteiger partial charge in [-0.1, -0.05) is 29.3 Å². The molecule has 0 spiro atoms. The van der Waals surface area contributed by atoms with Gasteiger partial charge >= 0.3 is 11.9 Å². The lowest BCUT2D eigenvalue weighted by Crippen LogP contribution is -2.24. The van der Waals surface area contributed by atoms with E-state index >= 15 is 0 Å². The van der Waals surface area contributed by atoms with Crippen molar-refractivity contribution in [3.63, 3.8) is 0 Å². The molecule has 0 radical (unpaired) electrons. The molecule has 150 valence electrons. The Bertz CT molecular complexity index is 811. The Hall–Kier alpha value is -2.06. The molecule has 0 aliphatic carbocycles. The molecule has 9 heteroatoms. The smallest absolute Gasteiger partial charge is 0.331 e. The normalized spacial score (nSPS) is 12.1. The molecule has 1 aromatic heterocycles. The van der Waals surface area contributed by atoms with Crippen molar-refractivity contribution in [1.29, 1.82) is 0 Å². The van der Waals surface area contributed by atoms with Crippen LogP contribution in [0.3, 0.4) is 0 Å². The summed E-state index contributed by atoms with van der Waals surface area (Å²) in [4.78, 5) is 22.6. The van der Waals surface area contributed by atoms with Crippen molar-refractivity contribution in [1.82, 2.24) is 5.32 Å². The minimum absolute atomic E-state index is 0.132. The molecular weight excluding hydrogens is 425 g/mol. The van der Waals surface area contributed by atoms with E-state index in [0.29, 0.717) is 35.3 Å². The van der Waals surface area contributed by atoms with Crippen LogP contribution in [-0.2, 0) is 14.3 Å². The summed E-state index contributed by atoms with van der Waals surface area (Å²) in [6.07, 6.45) is 2.07. The van der Waals surface area contributed by atoms with E-state index in [1.165, 1.54) is 0 Å². The Morgan fingerprint density at radius 2 is 2.04 bits per heavy atom. The van der Waals surface area contributed by atoms with Crippen LogP contribution in [0.25, 0.3) is 0 Å². The van der Waals surface area contributed by atoms with Crippen molar-refractivity contribution in [2.75, 3.05) is 19.7 Å². The number of carbonyl (C=O) groups excluding carboxylic acids is 1. The molecule has 0 unspecified atom stereocenters. The zero-order valence-corrected chi connectivity index (χ0v) is 17.1. The van der Waals surface area contributed by atoms with Crippen LogP contribution in [-0.4, -0.2) is 36.7 Å². The van der Waals surface area contributed by atoms with E-state index in [4.69, 9.17) is 37.8 Å². The summed E-state index contributed by atoms with van der Waals surface area (Å²) in [7, 11) is 0. The maximum absolute atomic E-state index is 11.3. The molecule has 6 nitrogen and oxygen atoms in total. The summed E-state index contributed by atoms with van der Waals surface area (Å²) in [5, 5.41) is 14.6. The monoisotopic (exact) mass is 443 g/mol. The number of carbonyl (C=O) groups is 2. The van der Waals surface area contributed by atoms with Gasteiger partial charge in [-0.3, -0.25) is 0 Å². The largest absolute Gasteiger partial charge is 0.483 e. The number of carboxylic acids is 1. The highest BCUT2D eigenvalue weighted by Gasteiger charge is 2.16. The van der Waals surface area contributed by atoms with Gasteiger partial charge in [-0.25, -0.2) is 9.59 Å². The van der Waals surface area contributed by atoms with E-state index in [1.807, 2.05) is 17.5 Å². The lowest BCUT2D eigenvalue weighted by Gasteiger charge is -2.19. The number of halogens is 2. The predicted molar refractivity (Wildman–Crippen MR) is 109 cm³/mol. The molecule has 2 aromatic rings. The second kappa shape index (κ2) is 11.7. The first-order valence-electron chi connectivity index (χ1n) is 8.39. The first-order valence-corrected chi connectivity index (χ1v) is 10.0. The van der Waals surface area contributed by atoms with Crippen LogP contribution in [0, 0.1) is 0 Å². The van der Waals surface area contributed by atoms with Gasteiger partial charge in [-0.2, -0.15) is 0 Å². The Morgan fingerprint density at radius 1 is 1.21 bits per heavy atom. The van der Waals surface area contributed by atoms with Gasteiger partial charge in [0, 0.05) is 41.1 Å². The molecule has 0 amide bonds. The first kappa shape index (κ1) is 22.2. The predicted octanol–water partition coefficient (Wildman–Crippen LogP) is 4.34. The second-order valence-corrected chi connectivity index (χ2v) is 7.40. The molecule has 0 aliphatic heterocycles. The molecular formula is C19H19Cl2NO5S. The second-order valence-electron chi connectivity index (χ2n) is 5.57. The zero-order chi connectivity index (χ0) is 20.4. The number of hydrogen-bond acceptors (Lipinski definition) is 6. The van der Waals surface area contributed by atoms with Crippen molar-refractivity contribution in [3.05, 3.63) is 62.8 Å². The summed E-state index contributed by atoms with van der Waals surface area (Å²) >= 11 is 13.8. The van der Waals surface area contributed by atoms with Crippen molar-refractivity contribution >= 4 is 46.5 Å². The number of thiophene rings is 1. The van der Waals surface area contributed by atoms with Crippen molar-refractivity contribution in [3.8, 4) is 5.75 Å². The molecule has 0 bridgehead atoms. The molecule has 0 fully saturated rings. The maximum Gasteiger partial charge on any atom is 0.331 e. The SMILES string of the molecule is O=C(O)C=CC(=O)OCCNCC[C@@H](Oc1cc(Cl)ccc1Cl)c1cccs1. The van der Waals surface area contributed by atoms with E-state index < -0.39 is 11.9 Å². The van der Waals surface area contributed by atoms with E-state index in [1.54, 1.807) is 29.5 Å². The van der Waals surface area contributed by atoms with Crippen LogP contribution in [0.15, 0.2) is 47.9 Å². The van der Waals surface area contributed by atoms with Crippen molar-refractivity contribution in [2.24, 2.45) is 0 Å². The first-order chi connectivity index (χ1) is 13.5. The fraction of sp³-hybridized carbons (Fsp3) is 0.263. The molecule has 0 saturated heterocycles. The fourth-order valence-corrected chi connectivity index (χ4v) is 3.34. The van der Waals surface area contributed by atoms with Crippen LogP contribution in [0.5, 0.6) is 5.75 Å². The van der Waals surface area contributed by atoms with Gasteiger partial charge in [-0.15, -0.1) is 11.3 Å². The number of esters is 1. The summed E-state index contributed by atoms with van der Waals surface area (Å²) in [6, 6.07) is 9.02. The lowest BCUT2D eigenvalue weighted by molar-refractivity contribution is -0.138. The highest BCUT2D eigenvalue weighted by molar-refractivity contribution is 7.10. The zero-order valence-electron chi connectivity index (χ0n) is 14.8. The average molecular weight is 444 g/mol. The van der Waals surface area contributed by atoms with Crippen LogP contribution >= 0.6 is 34.5 Å². The maximum atomic E-state index is 11.3. The number of carboxylic acid groups (broad SMARTS) is 1. The third-order valence-electron chi connectivity index (χ3n) is 3.49. The van der Waals surface area contributed by atoms with Gasteiger partial charge in [0.05, 0.1) is 5.02 Å². The molecule has 1 heterocycles. The van der Waals surface area contributed by atoms with Crippen molar-refractivity contribution in [2.45, 2.75) is 12.5 Å². The number of nitrogens with one attached hydrogen (secondary N) is 1. The standard InChI is InChI=1S/C19H19Cl2NO5S/c20-13-3-4-14(21)16(12-13)27-15(17-2-1-11-28-17)7-8-22-9-10-26-19(25)6-5-18(23)24/h1-6,11-12,15,22H,7-10H2,(H,23,24)/t15-/m1/s1. The molecule has 2 N–H and O–H groups in total. The Kier molecular flexibility index (Phi) is 9.30. The number of benzene rings is 1. The number of hydrogen-bond donors (Lipinski definition) is 2. The molecule has 1 aromatic carbocycles. The summed E-state index contributed by atoms with van der Waals surface area (Å²) in [5.74, 6) is -1.37. The van der Waals surface area contributed by atoms with Crippen molar-refractivity contribution < 1.29 is 24.2 Å². The molecule has 28 heavy (non-hydrogen) atoms. The van der Waals surface area contributed by atoms with E-state index in [0.717, 1.165) is 17.0 Å². The average Bonchev–Trinajstić information content (AvgIpc) is 3.19. The third kappa shape index (κ3) is 7.90.